The second kappa shape index (κ2) is 7.06. The largest absolute Gasteiger partial charge is 0.393 e. The predicted octanol–water partition coefficient (Wildman–Crippen LogP) is 1.39. The van der Waals surface area contributed by atoms with Gasteiger partial charge in [-0.15, -0.1) is 0 Å². The first-order valence-electron chi connectivity index (χ1n) is 9.90. The van der Waals surface area contributed by atoms with Gasteiger partial charge in [0.25, 0.3) is 0 Å². The van der Waals surface area contributed by atoms with Crippen LogP contribution < -0.4 is 5.32 Å². The molecule has 6 heteroatoms. The van der Waals surface area contributed by atoms with Gasteiger partial charge in [0.05, 0.1) is 6.10 Å². The molecule has 6 nitrogen and oxygen atoms in total. The van der Waals surface area contributed by atoms with Crippen LogP contribution >= 0.6 is 0 Å². The maximum Gasteiger partial charge on any atom is 0.242 e. The fraction of sp³-hybridized carbons (Fsp3) is 0.700. The minimum Gasteiger partial charge on any atom is -0.393 e. The summed E-state index contributed by atoms with van der Waals surface area (Å²) in [6, 6.07) is 3.87. The van der Waals surface area contributed by atoms with Crippen LogP contribution in [0.25, 0.3) is 0 Å². The lowest BCUT2D eigenvalue weighted by molar-refractivity contribution is -0.139. The van der Waals surface area contributed by atoms with Crippen molar-refractivity contribution in [3.63, 3.8) is 0 Å². The van der Waals surface area contributed by atoms with Crippen LogP contribution in [0, 0.1) is 17.3 Å². The fourth-order valence-electron chi connectivity index (χ4n) is 4.81. The molecule has 1 atom stereocenters. The highest BCUT2D eigenvalue weighted by Crippen LogP contribution is 2.52. The van der Waals surface area contributed by atoms with E-state index in [2.05, 4.69) is 5.32 Å². The number of aromatic nitrogens is 1. The van der Waals surface area contributed by atoms with Crippen LogP contribution in [0.5, 0.6) is 0 Å². The number of hydrogen-bond donors (Lipinski definition) is 2. The Hall–Kier alpha value is -1.82. The van der Waals surface area contributed by atoms with E-state index in [1.54, 1.807) is 0 Å². The molecule has 1 spiro atoms. The van der Waals surface area contributed by atoms with Gasteiger partial charge in [0.1, 0.15) is 6.54 Å². The third kappa shape index (κ3) is 3.39. The molecule has 142 valence electrons. The first-order chi connectivity index (χ1) is 12.6. The second-order valence-electron chi connectivity index (χ2n) is 8.43. The molecule has 1 saturated heterocycles. The molecule has 0 radical (unpaired) electrons. The predicted molar refractivity (Wildman–Crippen MR) is 97.1 cm³/mol. The summed E-state index contributed by atoms with van der Waals surface area (Å²) in [4.78, 5) is 26.9. The van der Waals surface area contributed by atoms with E-state index in [0.717, 1.165) is 19.5 Å². The van der Waals surface area contributed by atoms with Crippen LogP contribution in [0.1, 0.15) is 38.5 Å². The van der Waals surface area contributed by atoms with Crippen molar-refractivity contribution in [2.24, 2.45) is 17.3 Å². The Morgan fingerprint density at radius 3 is 2.50 bits per heavy atom. The molecule has 2 N–H and O–H groups in total. The smallest absolute Gasteiger partial charge is 0.242 e. The molecule has 1 aromatic rings. The summed E-state index contributed by atoms with van der Waals surface area (Å²) in [7, 11) is 0. The van der Waals surface area contributed by atoms with Gasteiger partial charge in [0, 0.05) is 37.9 Å². The molecule has 3 fully saturated rings. The van der Waals surface area contributed by atoms with E-state index in [9.17, 15) is 14.7 Å². The van der Waals surface area contributed by atoms with Crippen LogP contribution in [-0.4, -0.2) is 52.1 Å². The molecular formula is C20H29N3O3. The lowest BCUT2D eigenvalue weighted by atomic mass is 9.57. The van der Waals surface area contributed by atoms with E-state index in [-0.39, 0.29) is 23.8 Å². The molecule has 2 amide bonds. The minimum absolute atomic E-state index is 0.0302. The molecule has 0 bridgehead atoms. The number of amides is 2. The number of rotatable bonds is 5. The van der Waals surface area contributed by atoms with E-state index in [4.69, 9.17) is 0 Å². The van der Waals surface area contributed by atoms with Crippen LogP contribution in [0.2, 0.25) is 0 Å². The van der Waals surface area contributed by atoms with E-state index in [0.29, 0.717) is 37.3 Å². The number of carbonyl (C=O) groups is 2. The molecule has 26 heavy (non-hydrogen) atoms. The number of likely N-dealkylation sites (tertiary alicyclic amines) is 1. The molecule has 2 saturated carbocycles. The van der Waals surface area contributed by atoms with Gasteiger partial charge in [0.15, 0.2) is 0 Å². The minimum atomic E-state index is -0.305. The van der Waals surface area contributed by atoms with Crippen molar-refractivity contribution in [3.05, 3.63) is 24.5 Å². The third-order valence-electron chi connectivity index (χ3n) is 6.88. The van der Waals surface area contributed by atoms with E-state index >= 15 is 0 Å². The Bertz CT molecular complexity index is 647. The number of nitrogens with zero attached hydrogens (tertiary/aromatic N) is 2. The molecule has 3 aliphatic rings. The molecule has 4 rings (SSSR count). The zero-order chi connectivity index (χ0) is 18.1. The Labute approximate surface area is 154 Å². The molecule has 2 heterocycles. The molecule has 1 aliphatic heterocycles. The highest BCUT2D eigenvalue weighted by atomic mass is 16.3. The summed E-state index contributed by atoms with van der Waals surface area (Å²) in [6.45, 7) is 2.62. The Kier molecular flexibility index (Phi) is 4.78. The van der Waals surface area contributed by atoms with Crippen molar-refractivity contribution in [2.75, 3.05) is 19.6 Å². The normalized spacial score (nSPS) is 29.7. The van der Waals surface area contributed by atoms with Gasteiger partial charge in [0.2, 0.25) is 11.8 Å². The topological polar surface area (TPSA) is 74.6 Å². The maximum atomic E-state index is 12.7. The molecule has 0 aromatic carbocycles. The van der Waals surface area contributed by atoms with E-state index < -0.39 is 0 Å². The van der Waals surface area contributed by atoms with Crippen molar-refractivity contribution in [1.29, 1.82) is 0 Å². The highest BCUT2D eigenvalue weighted by Gasteiger charge is 2.47. The maximum absolute atomic E-state index is 12.7. The highest BCUT2D eigenvalue weighted by molar-refractivity contribution is 5.79. The van der Waals surface area contributed by atoms with Crippen LogP contribution in [0.3, 0.4) is 0 Å². The molecule has 2 aliphatic carbocycles. The lowest BCUT2D eigenvalue weighted by Gasteiger charge is -2.53. The van der Waals surface area contributed by atoms with E-state index in [1.165, 1.54) is 19.3 Å². The van der Waals surface area contributed by atoms with Gasteiger partial charge in [-0.05, 0) is 55.6 Å². The van der Waals surface area contributed by atoms with Gasteiger partial charge >= 0.3 is 0 Å². The van der Waals surface area contributed by atoms with Gasteiger partial charge in [-0.2, -0.15) is 0 Å². The average molecular weight is 359 g/mol. The zero-order valence-electron chi connectivity index (χ0n) is 15.3. The summed E-state index contributed by atoms with van der Waals surface area (Å²) in [5, 5.41) is 12.5. The summed E-state index contributed by atoms with van der Waals surface area (Å²) >= 11 is 0. The Morgan fingerprint density at radius 1 is 1.15 bits per heavy atom. The monoisotopic (exact) mass is 359 g/mol. The zero-order valence-corrected chi connectivity index (χ0v) is 15.3. The van der Waals surface area contributed by atoms with Gasteiger partial charge in [-0.1, -0.05) is 6.42 Å². The van der Waals surface area contributed by atoms with Gasteiger partial charge < -0.3 is 19.9 Å². The van der Waals surface area contributed by atoms with Crippen molar-refractivity contribution in [2.45, 2.75) is 51.2 Å². The number of hydrogen-bond acceptors (Lipinski definition) is 3. The molecule has 1 aromatic heterocycles. The SMILES string of the molecule is O=C(NCC1CN(C(=O)Cn2cccc2)CCC12CCC2)C1CC(O)C1. The number of carbonyl (C=O) groups excluding carboxylic acids is 2. The van der Waals surface area contributed by atoms with Gasteiger partial charge in [-0.25, -0.2) is 0 Å². The number of piperidine rings is 1. The number of nitrogens with one attached hydrogen (secondary N) is 1. The van der Waals surface area contributed by atoms with E-state index in [1.807, 2.05) is 34.0 Å². The third-order valence-corrected chi connectivity index (χ3v) is 6.88. The summed E-state index contributed by atoms with van der Waals surface area (Å²) in [5.41, 5.74) is 0.316. The standard InChI is InChI=1S/C20H29N3O3/c24-17-10-15(11-17)19(26)21-12-16-13-23(9-6-20(16)4-3-5-20)18(25)14-22-7-1-2-8-22/h1-2,7-8,15-17,24H,3-6,9-14H2,(H,21,26). The summed E-state index contributed by atoms with van der Waals surface area (Å²) in [6.07, 6.45) is 9.45. The Balaban J connectivity index is 1.34. The van der Waals surface area contributed by atoms with Crippen LogP contribution in [0.4, 0.5) is 0 Å². The quantitative estimate of drug-likeness (QED) is 0.834. The van der Waals surface area contributed by atoms with Crippen molar-refractivity contribution in [3.8, 4) is 0 Å². The summed E-state index contributed by atoms with van der Waals surface area (Å²) < 4.78 is 1.91. The first-order valence-corrected chi connectivity index (χ1v) is 9.90. The fourth-order valence-corrected chi connectivity index (χ4v) is 4.81. The molecule has 1 unspecified atom stereocenters. The lowest BCUT2D eigenvalue weighted by Crippen LogP contribution is -2.56. The first kappa shape index (κ1) is 17.6. The number of aliphatic hydroxyl groups is 1. The molecular weight excluding hydrogens is 330 g/mol. The number of aliphatic hydroxyl groups excluding tert-OH is 1. The van der Waals surface area contributed by atoms with Gasteiger partial charge in [-0.3, -0.25) is 9.59 Å². The Morgan fingerprint density at radius 2 is 1.88 bits per heavy atom. The van der Waals surface area contributed by atoms with Crippen molar-refractivity contribution < 1.29 is 14.7 Å². The summed E-state index contributed by atoms with van der Waals surface area (Å²) in [5.74, 6) is 0.541. The average Bonchev–Trinajstić information content (AvgIpc) is 3.08. The van der Waals surface area contributed by atoms with Crippen molar-refractivity contribution in [1.82, 2.24) is 14.8 Å². The van der Waals surface area contributed by atoms with Crippen molar-refractivity contribution >= 4 is 11.8 Å². The van der Waals surface area contributed by atoms with Crippen LogP contribution in [-0.2, 0) is 16.1 Å². The second-order valence-corrected chi connectivity index (χ2v) is 8.43. The van der Waals surface area contributed by atoms with Crippen LogP contribution in [0.15, 0.2) is 24.5 Å².